The van der Waals surface area contributed by atoms with Crippen molar-refractivity contribution in [3.8, 4) is 0 Å². The predicted octanol–water partition coefficient (Wildman–Crippen LogP) is 0.305. The van der Waals surface area contributed by atoms with Crippen LogP contribution in [0.2, 0.25) is 0 Å². The third kappa shape index (κ3) is 6.07. The molecule has 0 saturated carbocycles. The minimum absolute atomic E-state index is 0.127. The van der Waals surface area contributed by atoms with Crippen molar-refractivity contribution in [2.45, 2.75) is 25.5 Å². The molecule has 16 heavy (non-hydrogen) atoms. The average Bonchev–Trinajstić information content (AvgIpc) is 2.22. The van der Waals surface area contributed by atoms with Crippen LogP contribution in [0.3, 0.4) is 0 Å². The lowest BCUT2D eigenvalue weighted by atomic mass is 10.4. The Hall–Kier alpha value is -0.620. The molecule has 0 atom stereocenters. The summed E-state index contributed by atoms with van der Waals surface area (Å²) in [6.07, 6.45) is 0.286. The minimum Gasteiger partial charge on any atom is -0.469 e. The summed E-state index contributed by atoms with van der Waals surface area (Å²) in [5.41, 5.74) is 0. The van der Waals surface area contributed by atoms with Crippen LogP contribution in [-0.4, -0.2) is 57.5 Å². The monoisotopic (exact) mass is 251 g/mol. The standard InChI is InChI=1S/C10H21NO4S/c1-9(2)16(13,14)8-7-11(3)6-5-10(12)15-4/h9H,5-8H2,1-4H3. The third-order valence-corrected chi connectivity index (χ3v) is 4.59. The normalized spacial score (nSPS) is 12.1. The third-order valence-electron chi connectivity index (χ3n) is 2.40. The topological polar surface area (TPSA) is 63.7 Å². The van der Waals surface area contributed by atoms with E-state index >= 15 is 0 Å². The molecule has 0 aromatic carbocycles. The van der Waals surface area contributed by atoms with Crippen molar-refractivity contribution in [2.24, 2.45) is 0 Å². The Balaban J connectivity index is 3.90. The fourth-order valence-electron chi connectivity index (χ4n) is 1.01. The summed E-state index contributed by atoms with van der Waals surface area (Å²) in [5, 5.41) is -0.346. The Morgan fingerprint density at radius 3 is 2.31 bits per heavy atom. The molecule has 6 heteroatoms. The van der Waals surface area contributed by atoms with Gasteiger partial charge in [0.2, 0.25) is 0 Å². The second kappa shape index (κ2) is 6.85. The lowest BCUT2D eigenvalue weighted by molar-refractivity contribution is -0.140. The first kappa shape index (κ1) is 15.4. The maximum absolute atomic E-state index is 11.5. The minimum atomic E-state index is -3.00. The van der Waals surface area contributed by atoms with Crippen molar-refractivity contribution in [1.82, 2.24) is 4.90 Å². The molecule has 0 radical (unpaired) electrons. The SMILES string of the molecule is COC(=O)CCN(C)CCS(=O)(=O)C(C)C. The number of carbonyl (C=O) groups excluding carboxylic acids is 1. The number of nitrogens with zero attached hydrogens (tertiary/aromatic N) is 1. The van der Waals surface area contributed by atoms with Gasteiger partial charge in [-0.1, -0.05) is 0 Å². The Kier molecular flexibility index (Phi) is 6.59. The van der Waals surface area contributed by atoms with E-state index < -0.39 is 9.84 Å². The molecule has 0 unspecified atom stereocenters. The molecule has 0 aliphatic carbocycles. The van der Waals surface area contributed by atoms with Crippen LogP contribution in [0.1, 0.15) is 20.3 Å². The second-order valence-electron chi connectivity index (χ2n) is 4.05. The molecule has 0 rings (SSSR count). The van der Waals surface area contributed by atoms with Gasteiger partial charge in [-0.3, -0.25) is 4.79 Å². The Bertz CT molecular complexity index is 311. The quantitative estimate of drug-likeness (QED) is 0.609. The molecule has 0 N–H and O–H groups in total. The number of hydrogen-bond acceptors (Lipinski definition) is 5. The first-order valence-electron chi connectivity index (χ1n) is 5.26. The molecule has 0 aliphatic heterocycles. The van der Waals surface area contributed by atoms with E-state index in [1.165, 1.54) is 7.11 Å². The largest absolute Gasteiger partial charge is 0.469 e. The van der Waals surface area contributed by atoms with Crippen molar-refractivity contribution in [3.63, 3.8) is 0 Å². The van der Waals surface area contributed by atoms with Crippen molar-refractivity contribution < 1.29 is 17.9 Å². The highest BCUT2D eigenvalue weighted by Crippen LogP contribution is 2.01. The van der Waals surface area contributed by atoms with Gasteiger partial charge in [0.15, 0.2) is 9.84 Å². The zero-order valence-corrected chi connectivity index (χ0v) is 11.2. The van der Waals surface area contributed by atoms with Crippen molar-refractivity contribution in [1.29, 1.82) is 0 Å². The van der Waals surface area contributed by atoms with Gasteiger partial charge >= 0.3 is 5.97 Å². The van der Waals surface area contributed by atoms with Gasteiger partial charge in [0.05, 0.1) is 24.5 Å². The zero-order valence-electron chi connectivity index (χ0n) is 10.4. The highest BCUT2D eigenvalue weighted by molar-refractivity contribution is 7.92. The smallest absolute Gasteiger partial charge is 0.306 e. The van der Waals surface area contributed by atoms with Crippen molar-refractivity contribution >= 4 is 15.8 Å². The number of carbonyl (C=O) groups is 1. The first-order chi connectivity index (χ1) is 7.29. The summed E-state index contributed by atoms with van der Waals surface area (Å²) in [6.45, 7) is 4.30. The van der Waals surface area contributed by atoms with Gasteiger partial charge in [0.25, 0.3) is 0 Å². The molecular weight excluding hydrogens is 230 g/mol. The van der Waals surface area contributed by atoms with E-state index in [9.17, 15) is 13.2 Å². The lowest BCUT2D eigenvalue weighted by Gasteiger charge is -2.16. The summed E-state index contributed by atoms with van der Waals surface area (Å²) in [6, 6.07) is 0. The number of esters is 1. The van der Waals surface area contributed by atoms with Crippen LogP contribution >= 0.6 is 0 Å². The summed E-state index contributed by atoms with van der Waals surface area (Å²) < 4.78 is 27.5. The zero-order chi connectivity index (χ0) is 12.8. The lowest BCUT2D eigenvalue weighted by Crippen LogP contribution is -2.30. The number of methoxy groups -OCH3 is 1. The molecule has 96 valence electrons. The van der Waals surface area contributed by atoms with Gasteiger partial charge in [-0.15, -0.1) is 0 Å². The maximum atomic E-state index is 11.5. The Morgan fingerprint density at radius 2 is 1.88 bits per heavy atom. The van der Waals surface area contributed by atoms with Crippen LogP contribution < -0.4 is 0 Å². The molecule has 0 heterocycles. The molecule has 0 aromatic rings. The van der Waals surface area contributed by atoms with Gasteiger partial charge in [-0.2, -0.15) is 0 Å². The number of sulfone groups is 1. The van der Waals surface area contributed by atoms with Crippen LogP contribution in [-0.2, 0) is 19.4 Å². The molecule has 0 spiro atoms. The Morgan fingerprint density at radius 1 is 1.31 bits per heavy atom. The second-order valence-corrected chi connectivity index (χ2v) is 6.72. The van der Waals surface area contributed by atoms with Crippen molar-refractivity contribution in [3.05, 3.63) is 0 Å². The molecule has 0 saturated heterocycles. The molecule has 0 bridgehead atoms. The van der Waals surface area contributed by atoms with E-state index in [-0.39, 0.29) is 23.4 Å². The van der Waals surface area contributed by atoms with E-state index in [2.05, 4.69) is 4.74 Å². The number of rotatable bonds is 7. The average molecular weight is 251 g/mol. The molecule has 5 nitrogen and oxygen atoms in total. The van der Waals surface area contributed by atoms with Gasteiger partial charge in [0.1, 0.15) is 0 Å². The van der Waals surface area contributed by atoms with Gasteiger partial charge in [-0.25, -0.2) is 8.42 Å². The van der Waals surface area contributed by atoms with Crippen LogP contribution in [0, 0.1) is 0 Å². The van der Waals surface area contributed by atoms with Crippen molar-refractivity contribution in [2.75, 3.05) is 33.0 Å². The summed E-state index contributed by atoms with van der Waals surface area (Å²) in [5.74, 6) is -0.152. The van der Waals surface area contributed by atoms with E-state index in [1.54, 1.807) is 20.9 Å². The fourth-order valence-corrected chi connectivity index (χ4v) is 2.05. The van der Waals surface area contributed by atoms with Gasteiger partial charge in [-0.05, 0) is 20.9 Å². The van der Waals surface area contributed by atoms with E-state index in [0.29, 0.717) is 13.1 Å². The van der Waals surface area contributed by atoms with E-state index in [0.717, 1.165) is 0 Å². The van der Waals surface area contributed by atoms with Crippen LogP contribution in [0.15, 0.2) is 0 Å². The summed E-state index contributed by atoms with van der Waals surface area (Å²) >= 11 is 0. The maximum Gasteiger partial charge on any atom is 0.306 e. The number of ether oxygens (including phenoxy) is 1. The highest BCUT2D eigenvalue weighted by atomic mass is 32.2. The number of hydrogen-bond donors (Lipinski definition) is 0. The predicted molar refractivity (Wildman–Crippen MR) is 63.1 cm³/mol. The van der Waals surface area contributed by atoms with E-state index in [4.69, 9.17) is 0 Å². The van der Waals surface area contributed by atoms with Crippen LogP contribution in [0.25, 0.3) is 0 Å². The van der Waals surface area contributed by atoms with Crippen LogP contribution in [0.5, 0.6) is 0 Å². The Labute approximate surface area is 97.7 Å². The van der Waals surface area contributed by atoms with Crippen LogP contribution in [0.4, 0.5) is 0 Å². The first-order valence-corrected chi connectivity index (χ1v) is 6.98. The molecule has 0 fully saturated rings. The molecule has 0 aromatic heterocycles. The summed E-state index contributed by atoms with van der Waals surface area (Å²) in [4.78, 5) is 12.7. The fraction of sp³-hybridized carbons (Fsp3) is 0.900. The highest BCUT2D eigenvalue weighted by Gasteiger charge is 2.16. The van der Waals surface area contributed by atoms with Gasteiger partial charge in [0, 0.05) is 13.1 Å². The van der Waals surface area contributed by atoms with E-state index in [1.807, 2.05) is 4.90 Å². The summed E-state index contributed by atoms with van der Waals surface area (Å²) in [7, 11) is 0.134. The molecule has 0 aliphatic rings. The van der Waals surface area contributed by atoms with Gasteiger partial charge < -0.3 is 9.64 Å². The molecule has 0 amide bonds. The molecular formula is C10H21NO4S.